The van der Waals surface area contributed by atoms with Gasteiger partial charge in [0.1, 0.15) is 6.04 Å². The molecule has 4 nitrogen and oxygen atoms in total. The number of nitrogens with one attached hydrogen (secondary N) is 1. The molecule has 0 saturated heterocycles. The van der Waals surface area contributed by atoms with Gasteiger partial charge < -0.3 is 5.32 Å². The largest absolute Gasteiger partial charge is 0.347 e. The second-order valence-corrected chi connectivity index (χ2v) is 7.68. The second kappa shape index (κ2) is 9.41. The Kier molecular flexibility index (Phi) is 7.49. The number of benzene rings is 1. The highest BCUT2D eigenvalue weighted by Gasteiger charge is 2.25. The third kappa shape index (κ3) is 4.73. The summed E-state index contributed by atoms with van der Waals surface area (Å²) in [5, 5.41) is 8.31. The van der Waals surface area contributed by atoms with Crippen LogP contribution in [0.3, 0.4) is 0 Å². The Hall–Kier alpha value is -1.81. The number of rotatable bonds is 8. The lowest BCUT2D eigenvalue weighted by Gasteiger charge is -2.23. The summed E-state index contributed by atoms with van der Waals surface area (Å²) in [5.41, 5.74) is 4.07. The molecular weight excluding hydrogens is 358 g/mol. The Morgan fingerprint density at radius 3 is 2.11 bits per heavy atom. The molecule has 1 heterocycles. The van der Waals surface area contributed by atoms with Crippen LogP contribution in [0.15, 0.2) is 24.3 Å². The standard InChI is InChI=1S/C22H32ClN3O/c1-7-14(4)17-10-12-18(13-11-17)19(8-2)24-22(27)20(9-3)26-16(6)21(23)15(5)25-26/h10-14,19-20H,7-9H2,1-6H3,(H,24,27). The molecule has 1 amide bonds. The number of amides is 1. The average molecular weight is 390 g/mol. The first-order chi connectivity index (χ1) is 12.8. The molecule has 1 N–H and O–H groups in total. The molecule has 0 aliphatic rings. The van der Waals surface area contributed by atoms with Crippen LogP contribution in [0.1, 0.15) is 87.5 Å². The first kappa shape index (κ1) is 21.5. The molecule has 0 spiro atoms. The molecule has 5 heteroatoms. The maximum absolute atomic E-state index is 13.0. The van der Waals surface area contributed by atoms with Crippen molar-refractivity contribution in [2.75, 3.05) is 0 Å². The molecule has 0 bridgehead atoms. The van der Waals surface area contributed by atoms with Crippen molar-refractivity contribution < 1.29 is 4.79 Å². The minimum absolute atomic E-state index is 0.00929. The smallest absolute Gasteiger partial charge is 0.245 e. The van der Waals surface area contributed by atoms with Gasteiger partial charge in [0.2, 0.25) is 5.91 Å². The topological polar surface area (TPSA) is 46.9 Å². The Morgan fingerprint density at radius 1 is 1.07 bits per heavy atom. The van der Waals surface area contributed by atoms with Gasteiger partial charge in [-0.3, -0.25) is 9.48 Å². The molecule has 1 aromatic carbocycles. The number of halogens is 1. The number of hydrogen-bond donors (Lipinski definition) is 1. The number of carbonyl (C=O) groups is 1. The van der Waals surface area contributed by atoms with Crippen LogP contribution in [-0.4, -0.2) is 15.7 Å². The highest BCUT2D eigenvalue weighted by atomic mass is 35.5. The Morgan fingerprint density at radius 2 is 1.67 bits per heavy atom. The normalized spacial score (nSPS) is 14.6. The van der Waals surface area contributed by atoms with Crippen LogP contribution in [0.5, 0.6) is 0 Å². The van der Waals surface area contributed by atoms with Gasteiger partial charge in [-0.2, -0.15) is 5.10 Å². The summed E-state index contributed by atoms with van der Waals surface area (Å²) in [4.78, 5) is 13.0. The van der Waals surface area contributed by atoms with E-state index in [0.717, 1.165) is 29.8 Å². The lowest BCUT2D eigenvalue weighted by atomic mass is 9.95. The van der Waals surface area contributed by atoms with Crippen LogP contribution < -0.4 is 5.32 Å². The van der Waals surface area contributed by atoms with Crippen LogP contribution >= 0.6 is 11.6 Å². The molecule has 148 valence electrons. The van der Waals surface area contributed by atoms with E-state index in [1.165, 1.54) is 5.56 Å². The molecular formula is C22H32ClN3O. The van der Waals surface area contributed by atoms with Gasteiger partial charge in [-0.15, -0.1) is 0 Å². The van der Waals surface area contributed by atoms with E-state index in [2.05, 4.69) is 55.5 Å². The summed E-state index contributed by atoms with van der Waals surface area (Å²) in [5.74, 6) is 0.534. The zero-order valence-electron chi connectivity index (χ0n) is 17.3. The van der Waals surface area contributed by atoms with Crippen molar-refractivity contribution in [1.29, 1.82) is 0 Å². The van der Waals surface area contributed by atoms with Gasteiger partial charge in [0, 0.05) is 0 Å². The average Bonchev–Trinajstić information content (AvgIpc) is 2.93. The number of aromatic nitrogens is 2. The lowest BCUT2D eigenvalue weighted by Crippen LogP contribution is -2.35. The molecule has 0 fully saturated rings. The van der Waals surface area contributed by atoms with Crippen LogP contribution in [0.4, 0.5) is 0 Å². The number of nitrogens with zero attached hydrogens (tertiary/aromatic N) is 2. The molecule has 1 aromatic heterocycles. The zero-order chi connectivity index (χ0) is 20.1. The summed E-state index contributed by atoms with van der Waals surface area (Å²) in [6.45, 7) is 12.3. The summed E-state index contributed by atoms with van der Waals surface area (Å²) in [7, 11) is 0. The zero-order valence-corrected chi connectivity index (χ0v) is 18.1. The molecule has 0 aliphatic heterocycles. The molecule has 27 heavy (non-hydrogen) atoms. The van der Waals surface area contributed by atoms with E-state index in [4.69, 9.17) is 11.6 Å². The van der Waals surface area contributed by atoms with Crippen molar-refractivity contribution in [2.45, 2.75) is 78.8 Å². The SMILES string of the molecule is CCC(C)c1ccc(C(CC)NC(=O)C(CC)n2nc(C)c(Cl)c2C)cc1. The van der Waals surface area contributed by atoms with Gasteiger partial charge in [-0.1, -0.05) is 63.6 Å². The lowest BCUT2D eigenvalue weighted by molar-refractivity contribution is -0.125. The van der Waals surface area contributed by atoms with Crippen LogP contribution in [0, 0.1) is 13.8 Å². The van der Waals surface area contributed by atoms with Gasteiger partial charge in [0.05, 0.1) is 22.5 Å². The second-order valence-electron chi connectivity index (χ2n) is 7.30. The van der Waals surface area contributed by atoms with Crippen molar-refractivity contribution in [3.8, 4) is 0 Å². The Labute approximate surface area is 168 Å². The van der Waals surface area contributed by atoms with Crippen LogP contribution in [0.25, 0.3) is 0 Å². The van der Waals surface area contributed by atoms with E-state index in [9.17, 15) is 4.79 Å². The summed E-state index contributed by atoms with van der Waals surface area (Å²) >= 11 is 6.27. The minimum Gasteiger partial charge on any atom is -0.347 e. The van der Waals surface area contributed by atoms with Gasteiger partial charge >= 0.3 is 0 Å². The first-order valence-electron chi connectivity index (χ1n) is 9.95. The van der Waals surface area contributed by atoms with Crippen LogP contribution in [0.2, 0.25) is 5.02 Å². The highest BCUT2D eigenvalue weighted by Crippen LogP contribution is 2.26. The molecule has 2 aromatic rings. The number of hydrogen-bond acceptors (Lipinski definition) is 2. The van der Waals surface area contributed by atoms with Gasteiger partial charge in [0.25, 0.3) is 0 Å². The Bertz CT molecular complexity index is 767. The maximum Gasteiger partial charge on any atom is 0.245 e. The fourth-order valence-electron chi connectivity index (χ4n) is 3.40. The molecule has 0 radical (unpaired) electrons. The molecule has 3 atom stereocenters. The monoisotopic (exact) mass is 389 g/mol. The minimum atomic E-state index is -0.357. The predicted octanol–water partition coefficient (Wildman–Crippen LogP) is 5.89. The molecule has 0 saturated carbocycles. The van der Waals surface area contributed by atoms with E-state index >= 15 is 0 Å². The van der Waals surface area contributed by atoms with Crippen molar-refractivity contribution >= 4 is 17.5 Å². The third-order valence-corrected chi connectivity index (χ3v) is 6.01. The highest BCUT2D eigenvalue weighted by molar-refractivity contribution is 6.31. The van der Waals surface area contributed by atoms with Gasteiger partial charge in [-0.25, -0.2) is 0 Å². The maximum atomic E-state index is 13.0. The van der Waals surface area contributed by atoms with E-state index in [1.807, 2.05) is 20.8 Å². The Balaban J connectivity index is 2.18. The predicted molar refractivity (Wildman–Crippen MR) is 112 cm³/mol. The summed E-state index contributed by atoms with van der Waals surface area (Å²) in [6, 6.07) is 8.26. The van der Waals surface area contributed by atoms with Crippen molar-refractivity contribution in [1.82, 2.24) is 15.1 Å². The summed E-state index contributed by atoms with van der Waals surface area (Å²) in [6.07, 6.45) is 2.62. The number of aryl methyl sites for hydroxylation is 1. The molecule has 3 unspecified atom stereocenters. The summed E-state index contributed by atoms with van der Waals surface area (Å²) < 4.78 is 1.76. The van der Waals surface area contributed by atoms with E-state index in [1.54, 1.807) is 4.68 Å². The van der Waals surface area contributed by atoms with Crippen molar-refractivity contribution in [3.05, 3.63) is 51.8 Å². The molecule has 0 aliphatic carbocycles. The third-order valence-electron chi connectivity index (χ3n) is 5.47. The number of carbonyl (C=O) groups excluding carboxylic acids is 1. The van der Waals surface area contributed by atoms with E-state index < -0.39 is 0 Å². The van der Waals surface area contributed by atoms with E-state index in [-0.39, 0.29) is 18.0 Å². The van der Waals surface area contributed by atoms with Crippen molar-refractivity contribution in [3.63, 3.8) is 0 Å². The first-order valence-corrected chi connectivity index (χ1v) is 10.3. The fraction of sp³-hybridized carbons (Fsp3) is 0.545. The van der Waals surface area contributed by atoms with Crippen molar-refractivity contribution in [2.24, 2.45) is 0 Å². The van der Waals surface area contributed by atoms with Crippen LogP contribution in [-0.2, 0) is 4.79 Å². The quantitative estimate of drug-likeness (QED) is 0.612. The van der Waals surface area contributed by atoms with E-state index in [0.29, 0.717) is 17.4 Å². The van der Waals surface area contributed by atoms with Gasteiger partial charge in [-0.05, 0) is 50.2 Å². The van der Waals surface area contributed by atoms with Gasteiger partial charge in [0.15, 0.2) is 0 Å². The molecule has 2 rings (SSSR count). The fourth-order valence-corrected chi connectivity index (χ4v) is 3.52.